The average Bonchev–Trinajstić information content (AvgIpc) is 2.63. The largest absolute Gasteiger partial charge is 0.312 e. The Balaban J connectivity index is 2.42. The number of hydrogen-bond acceptors (Lipinski definition) is 3. The van der Waals surface area contributed by atoms with Gasteiger partial charge in [-0.2, -0.15) is 0 Å². The Morgan fingerprint density at radius 1 is 1.57 bits per heavy atom. The summed E-state index contributed by atoms with van der Waals surface area (Å²) in [6.07, 6.45) is 3.74. The third-order valence-corrected chi connectivity index (χ3v) is 3.67. The van der Waals surface area contributed by atoms with Crippen LogP contribution in [0, 0.1) is 0 Å². The standard InChI is InChI=1S/C11H15NS2/c1-3-5-8-13-11-7-6-10(14-11)9-12-4-2/h3,5-8,12H,1,4,9H2,2H3/b8-5-. The van der Waals surface area contributed by atoms with E-state index in [4.69, 9.17) is 0 Å². The molecule has 14 heavy (non-hydrogen) atoms. The second-order valence-electron chi connectivity index (χ2n) is 2.68. The van der Waals surface area contributed by atoms with E-state index in [0.717, 1.165) is 13.1 Å². The lowest BCUT2D eigenvalue weighted by Crippen LogP contribution is -2.10. The molecule has 3 heteroatoms. The summed E-state index contributed by atoms with van der Waals surface area (Å²) < 4.78 is 1.33. The van der Waals surface area contributed by atoms with Gasteiger partial charge in [0.05, 0.1) is 4.21 Å². The van der Waals surface area contributed by atoms with Crippen LogP contribution in [0.4, 0.5) is 0 Å². The van der Waals surface area contributed by atoms with Crippen LogP contribution in [-0.4, -0.2) is 6.54 Å². The van der Waals surface area contributed by atoms with E-state index in [1.807, 2.05) is 17.4 Å². The first-order valence-corrected chi connectivity index (χ1v) is 6.30. The van der Waals surface area contributed by atoms with Crippen LogP contribution < -0.4 is 5.32 Å². The molecule has 0 aliphatic rings. The van der Waals surface area contributed by atoms with Crippen molar-refractivity contribution in [1.29, 1.82) is 0 Å². The minimum absolute atomic E-state index is 0.979. The topological polar surface area (TPSA) is 12.0 Å². The van der Waals surface area contributed by atoms with Crippen LogP contribution >= 0.6 is 23.1 Å². The van der Waals surface area contributed by atoms with Crippen molar-refractivity contribution >= 4 is 23.1 Å². The van der Waals surface area contributed by atoms with Crippen molar-refractivity contribution in [2.24, 2.45) is 0 Å². The van der Waals surface area contributed by atoms with Gasteiger partial charge in [0.1, 0.15) is 0 Å². The fourth-order valence-corrected chi connectivity index (χ4v) is 2.78. The molecule has 0 unspecified atom stereocenters. The third kappa shape index (κ3) is 4.13. The van der Waals surface area contributed by atoms with Gasteiger partial charge < -0.3 is 5.32 Å². The maximum absolute atomic E-state index is 3.63. The minimum Gasteiger partial charge on any atom is -0.312 e. The molecule has 0 saturated heterocycles. The van der Waals surface area contributed by atoms with Crippen LogP contribution in [0.15, 0.2) is 40.5 Å². The van der Waals surface area contributed by atoms with E-state index in [1.54, 1.807) is 17.8 Å². The summed E-state index contributed by atoms with van der Waals surface area (Å²) in [4.78, 5) is 1.39. The molecule has 0 atom stereocenters. The minimum atomic E-state index is 0.979. The summed E-state index contributed by atoms with van der Waals surface area (Å²) in [5.41, 5.74) is 0. The summed E-state index contributed by atoms with van der Waals surface area (Å²) in [6, 6.07) is 4.34. The number of thioether (sulfide) groups is 1. The second kappa shape index (κ2) is 6.87. The smallest absolute Gasteiger partial charge is 0.0643 e. The fraction of sp³-hybridized carbons (Fsp3) is 0.273. The zero-order chi connectivity index (χ0) is 10.2. The highest BCUT2D eigenvalue weighted by molar-refractivity contribution is 8.03. The van der Waals surface area contributed by atoms with Gasteiger partial charge in [-0.25, -0.2) is 0 Å². The molecule has 1 N–H and O–H groups in total. The van der Waals surface area contributed by atoms with Crippen molar-refractivity contribution in [3.63, 3.8) is 0 Å². The number of allylic oxidation sites excluding steroid dienone is 2. The molecule has 0 aromatic carbocycles. The zero-order valence-corrected chi connectivity index (χ0v) is 9.96. The highest BCUT2D eigenvalue weighted by Crippen LogP contribution is 2.27. The van der Waals surface area contributed by atoms with E-state index in [2.05, 4.69) is 36.4 Å². The summed E-state index contributed by atoms with van der Waals surface area (Å²) in [5, 5.41) is 5.36. The molecule has 0 bridgehead atoms. The molecule has 1 nitrogen and oxygen atoms in total. The van der Waals surface area contributed by atoms with Gasteiger partial charge in [0, 0.05) is 11.4 Å². The lowest BCUT2D eigenvalue weighted by molar-refractivity contribution is 0.735. The third-order valence-electron chi connectivity index (χ3n) is 1.59. The van der Waals surface area contributed by atoms with Gasteiger partial charge in [0.15, 0.2) is 0 Å². The van der Waals surface area contributed by atoms with Crippen LogP contribution in [0.2, 0.25) is 0 Å². The first kappa shape index (κ1) is 11.6. The number of thiophene rings is 1. The van der Waals surface area contributed by atoms with Crippen molar-refractivity contribution in [1.82, 2.24) is 5.32 Å². The SMILES string of the molecule is C=C/C=C\Sc1ccc(CNCC)s1. The monoisotopic (exact) mass is 225 g/mol. The molecule has 1 aromatic heterocycles. The van der Waals surface area contributed by atoms with E-state index in [0.29, 0.717) is 0 Å². The Bertz CT molecular complexity index is 302. The van der Waals surface area contributed by atoms with E-state index < -0.39 is 0 Å². The van der Waals surface area contributed by atoms with Crippen molar-refractivity contribution in [3.05, 3.63) is 41.1 Å². The maximum atomic E-state index is 3.63. The van der Waals surface area contributed by atoms with Gasteiger partial charge >= 0.3 is 0 Å². The van der Waals surface area contributed by atoms with Gasteiger partial charge in [0.2, 0.25) is 0 Å². The van der Waals surface area contributed by atoms with E-state index >= 15 is 0 Å². The molecule has 0 aliphatic heterocycles. The van der Waals surface area contributed by atoms with E-state index in [-0.39, 0.29) is 0 Å². The van der Waals surface area contributed by atoms with Gasteiger partial charge in [-0.15, -0.1) is 11.3 Å². The van der Waals surface area contributed by atoms with Crippen LogP contribution in [0.5, 0.6) is 0 Å². The first-order valence-electron chi connectivity index (χ1n) is 4.60. The molecule has 1 heterocycles. The average molecular weight is 225 g/mol. The van der Waals surface area contributed by atoms with Crippen molar-refractivity contribution < 1.29 is 0 Å². The molecular weight excluding hydrogens is 210 g/mol. The Hall–Kier alpha value is -0.510. The molecule has 0 radical (unpaired) electrons. The molecule has 0 spiro atoms. The summed E-state index contributed by atoms with van der Waals surface area (Å²) in [6.45, 7) is 7.76. The molecule has 0 saturated carbocycles. The number of hydrogen-bond donors (Lipinski definition) is 1. The second-order valence-corrected chi connectivity index (χ2v) is 5.06. The first-order chi connectivity index (χ1) is 6.86. The summed E-state index contributed by atoms with van der Waals surface area (Å²) in [5.74, 6) is 0. The summed E-state index contributed by atoms with van der Waals surface area (Å²) in [7, 11) is 0. The zero-order valence-electron chi connectivity index (χ0n) is 8.32. The van der Waals surface area contributed by atoms with Gasteiger partial charge in [-0.3, -0.25) is 0 Å². The predicted molar refractivity (Wildman–Crippen MR) is 66.9 cm³/mol. The molecule has 76 valence electrons. The highest BCUT2D eigenvalue weighted by Gasteiger charge is 1.97. The maximum Gasteiger partial charge on any atom is 0.0643 e. The van der Waals surface area contributed by atoms with E-state index in [1.165, 1.54) is 9.09 Å². The highest BCUT2D eigenvalue weighted by atomic mass is 32.2. The molecule has 0 aliphatic carbocycles. The van der Waals surface area contributed by atoms with Gasteiger partial charge in [-0.1, -0.05) is 37.4 Å². The molecule has 0 fully saturated rings. The predicted octanol–water partition coefficient (Wildman–Crippen LogP) is 3.65. The molecule has 1 rings (SSSR count). The van der Waals surface area contributed by atoms with Gasteiger partial charge in [-0.05, 0) is 24.1 Å². The quantitative estimate of drug-likeness (QED) is 0.586. The van der Waals surface area contributed by atoms with Crippen LogP contribution in [0.25, 0.3) is 0 Å². The Morgan fingerprint density at radius 3 is 3.14 bits per heavy atom. The molecular formula is C11H15NS2. The van der Waals surface area contributed by atoms with Crippen LogP contribution in [0.1, 0.15) is 11.8 Å². The van der Waals surface area contributed by atoms with Crippen molar-refractivity contribution in [3.8, 4) is 0 Å². The Kier molecular flexibility index (Phi) is 5.68. The van der Waals surface area contributed by atoms with Gasteiger partial charge in [0.25, 0.3) is 0 Å². The Labute approximate surface area is 93.9 Å². The van der Waals surface area contributed by atoms with E-state index in [9.17, 15) is 0 Å². The molecule has 1 aromatic rings. The lowest BCUT2D eigenvalue weighted by atomic mass is 10.4. The van der Waals surface area contributed by atoms with Crippen LogP contribution in [-0.2, 0) is 6.54 Å². The normalized spacial score (nSPS) is 10.9. The van der Waals surface area contributed by atoms with Crippen molar-refractivity contribution in [2.75, 3.05) is 6.54 Å². The molecule has 0 amide bonds. The lowest BCUT2D eigenvalue weighted by Gasteiger charge is -1.95. The van der Waals surface area contributed by atoms with Crippen molar-refractivity contribution in [2.45, 2.75) is 17.7 Å². The Morgan fingerprint density at radius 2 is 2.43 bits per heavy atom. The number of nitrogens with one attached hydrogen (secondary N) is 1. The van der Waals surface area contributed by atoms with Crippen LogP contribution in [0.3, 0.4) is 0 Å². The summed E-state index contributed by atoms with van der Waals surface area (Å²) >= 11 is 3.58. The number of rotatable bonds is 6. The fourth-order valence-electron chi connectivity index (χ4n) is 0.927.